The van der Waals surface area contributed by atoms with E-state index in [0.717, 1.165) is 13.0 Å². The SMILES string of the molecule is C=C1CCN(C)C1C(C)OP. The lowest BCUT2D eigenvalue weighted by Gasteiger charge is -2.25. The van der Waals surface area contributed by atoms with Crippen molar-refractivity contribution in [3.8, 4) is 0 Å². The normalized spacial score (nSPS) is 29.4. The molecule has 64 valence electrons. The second-order valence-corrected chi connectivity index (χ2v) is 3.45. The Morgan fingerprint density at radius 3 is 2.82 bits per heavy atom. The summed E-state index contributed by atoms with van der Waals surface area (Å²) in [5, 5.41) is 0. The van der Waals surface area contributed by atoms with E-state index < -0.39 is 0 Å². The first-order valence-electron chi connectivity index (χ1n) is 3.90. The molecular formula is C8H16NOP. The minimum absolute atomic E-state index is 0.236. The molecule has 1 rings (SSSR count). The van der Waals surface area contributed by atoms with Gasteiger partial charge < -0.3 is 4.52 Å². The Kier molecular flexibility index (Phi) is 3.06. The summed E-state index contributed by atoms with van der Waals surface area (Å²) in [7, 11) is 4.43. The molecule has 1 aliphatic heterocycles. The number of hydrogen-bond donors (Lipinski definition) is 0. The molecule has 2 nitrogen and oxygen atoms in total. The molecule has 0 bridgehead atoms. The number of hydrogen-bond acceptors (Lipinski definition) is 2. The Morgan fingerprint density at radius 1 is 1.82 bits per heavy atom. The maximum atomic E-state index is 5.19. The Hall–Kier alpha value is 0.0900. The van der Waals surface area contributed by atoms with Crippen molar-refractivity contribution in [1.29, 1.82) is 0 Å². The highest BCUT2D eigenvalue weighted by Crippen LogP contribution is 2.25. The van der Waals surface area contributed by atoms with Crippen LogP contribution in [0.15, 0.2) is 12.2 Å². The summed E-state index contributed by atoms with van der Waals surface area (Å²) in [5.74, 6) is 0. The van der Waals surface area contributed by atoms with Gasteiger partial charge in [-0.1, -0.05) is 12.2 Å². The molecular weight excluding hydrogens is 157 g/mol. The van der Waals surface area contributed by atoms with Crippen LogP contribution in [0.25, 0.3) is 0 Å². The third kappa shape index (κ3) is 1.81. The molecule has 0 aliphatic carbocycles. The molecule has 3 atom stereocenters. The first-order chi connectivity index (χ1) is 5.16. The Morgan fingerprint density at radius 2 is 2.45 bits per heavy atom. The smallest absolute Gasteiger partial charge is 0.0776 e. The summed E-state index contributed by atoms with van der Waals surface area (Å²) in [6.07, 6.45) is 1.35. The van der Waals surface area contributed by atoms with E-state index in [0.29, 0.717) is 6.04 Å². The van der Waals surface area contributed by atoms with Crippen molar-refractivity contribution in [2.24, 2.45) is 0 Å². The predicted molar refractivity (Wildman–Crippen MR) is 50.4 cm³/mol. The van der Waals surface area contributed by atoms with E-state index in [2.05, 4.69) is 34.9 Å². The van der Waals surface area contributed by atoms with Gasteiger partial charge in [0.25, 0.3) is 0 Å². The molecule has 1 heterocycles. The summed E-state index contributed by atoms with van der Waals surface area (Å²) >= 11 is 0. The molecule has 0 radical (unpaired) electrons. The van der Waals surface area contributed by atoms with Crippen molar-refractivity contribution in [3.05, 3.63) is 12.2 Å². The third-order valence-corrected chi connectivity index (χ3v) is 2.77. The van der Waals surface area contributed by atoms with Crippen LogP contribution in [0.5, 0.6) is 0 Å². The molecule has 0 saturated carbocycles. The van der Waals surface area contributed by atoms with Gasteiger partial charge in [0, 0.05) is 16.0 Å². The third-order valence-electron chi connectivity index (χ3n) is 2.34. The van der Waals surface area contributed by atoms with Gasteiger partial charge in [0.05, 0.1) is 12.1 Å². The Balaban J connectivity index is 2.60. The van der Waals surface area contributed by atoms with Gasteiger partial charge in [-0.05, 0) is 20.4 Å². The molecule has 0 aromatic rings. The molecule has 0 aromatic heterocycles. The zero-order valence-electron chi connectivity index (χ0n) is 7.21. The lowest BCUT2D eigenvalue weighted by molar-refractivity contribution is 0.158. The van der Waals surface area contributed by atoms with Crippen molar-refractivity contribution in [3.63, 3.8) is 0 Å². The molecule has 3 heteroatoms. The molecule has 11 heavy (non-hydrogen) atoms. The number of likely N-dealkylation sites (N-methyl/N-ethyl adjacent to an activating group) is 1. The summed E-state index contributed by atoms with van der Waals surface area (Å²) in [6.45, 7) is 7.21. The topological polar surface area (TPSA) is 12.5 Å². The first-order valence-corrected chi connectivity index (χ1v) is 4.37. The molecule has 1 fully saturated rings. The molecule has 0 aromatic carbocycles. The van der Waals surface area contributed by atoms with Crippen LogP contribution in [0.3, 0.4) is 0 Å². The van der Waals surface area contributed by atoms with Crippen LogP contribution in [0.1, 0.15) is 13.3 Å². The maximum Gasteiger partial charge on any atom is 0.0776 e. The fourth-order valence-corrected chi connectivity index (χ4v) is 1.83. The quantitative estimate of drug-likeness (QED) is 0.463. The fraction of sp³-hybridized carbons (Fsp3) is 0.750. The highest BCUT2D eigenvalue weighted by Gasteiger charge is 2.29. The van der Waals surface area contributed by atoms with Gasteiger partial charge in [-0.2, -0.15) is 0 Å². The summed E-state index contributed by atoms with van der Waals surface area (Å²) in [4.78, 5) is 2.29. The molecule has 0 spiro atoms. The van der Waals surface area contributed by atoms with Crippen molar-refractivity contribution in [1.82, 2.24) is 4.90 Å². The van der Waals surface area contributed by atoms with E-state index in [9.17, 15) is 0 Å². The fourth-order valence-electron chi connectivity index (χ4n) is 1.68. The van der Waals surface area contributed by atoms with Crippen LogP contribution in [-0.4, -0.2) is 30.6 Å². The van der Waals surface area contributed by atoms with Crippen LogP contribution < -0.4 is 0 Å². The van der Waals surface area contributed by atoms with Crippen molar-refractivity contribution in [2.45, 2.75) is 25.5 Å². The van der Waals surface area contributed by atoms with Crippen LogP contribution in [0.4, 0.5) is 0 Å². The van der Waals surface area contributed by atoms with Crippen molar-refractivity contribution in [2.75, 3.05) is 13.6 Å². The van der Waals surface area contributed by atoms with Gasteiger partial charge in [-0.15, -0.1) is 0 Å². The Labute approximate surface area is 70.9 Å². The minimum atomic E-state index is 0.236. The number of likely N-dealkylation sites (tertiary alicyclic amines) is 1. The minimum Gasteiger partial charge on any atom is -0.361 e. The zero-order valence-corrected chi connectivity index (χ0v) is 8.36. The summed E-state index contributed by atoms with van der Waals surface area (Å²) in [5.41, 5.74) is 1.29. The second kappa shape index (κ2) is 3.66. The molecule has 1 saturated heterocycles. The van der Waals surface area contributed by atoms with Gasteiger partial charge in [-0.25, -0.2) is 0 Å². The zero-order chi connectivity index (χ0) is 8.43. The Bertz CT molecular complexity index is 160. The van der Waals surface area contributed by atoms with E-state index in [1.165, 1.54) is 5.57 Å². The van der Waals surface area contributed by atoms with E-state index in [-0.39, 0.29) is 6.10 Å². The van der Waals surface area contributed by atoms with E-state index in [4.69, 9.17) is 4.52 Å². The van der Waals surface area contributed by atoms with Gasteiger partial charge >= 0.3 is 0 Å². The predicted octanol–water partition coefficient (Wildman–Crippen LogP) is 1.44. The van der Waals surface area contributed by atoms with Gasteiger partial charge in [-0.3, -0.25) is 4.90 Å². The van der Waals surface area contributed by atoms with Gasteiger partial charge in [0.1, 0.15) is 0 Å². The van der Waals surface area contributed by atoms with Crippen molar-refractivity contribution < 1.29 is 4.52 Å². The number of rotatable bonds is 2. The summed E-state index contributed by atoms with van der Waals surface area (Å²) < 4.78 is 5.19. The van der Waals surface area contributed by atoms with E-state index in [1.807, 2.05) is 0 Å². The van der Waals surface area contributed by atoms with E-state index in [1.54, 1.807) is 0 Å². The van der Waals surface area contributed by atoms with Crippen molar-refractivity contribution >= 4 is 9.47 Å². The van der Waals surface area contributed by atoms with Crippen LogP contribution in [0.2, 0.25) is 0 Å². The maximum absolute atomic E-state index is 5.19. The first kappa shape index (κ1) is 9.18. The number of nitrogens with zero attached hydrogens (tertiary/aromatic N) is 1. The molecule has 0 amide bonds. The lowest BCUT2D eigenvalue weighted by Crippen LogP contribution is -2.35. The van der Waals surface area contributed by atoms with Crippen LogP contribution >= 0.6 is 9.47 Å². The average molecular weight is 173 g/mol. The van der Waals surface area contributed by atoms with E-state index >= 15 is 0 Å². The van der Waals surface area contributed by atoms with Gasteiger partial charge in [0.15, 0.2) is 0 Å². The molecule has 1 aliphatic rings. The van der Waals surface area contributed by atoms with Crippen LogP contribution in [0, 0.1) is 0 Å². The van der Waals surface area contributed by atoms with Gasteiger partial charge in [0.2, 0.25) is 0 Å². The van der Waals surface area contributed by atoms with Crippen LogP contribution in [-0.2, 0) is 4.52 Å². The average Bonchev–Trinajstić information content (AvgIpc) is 2.30. The standard InChI is InChI=1S/C8H16NOP/c1-6-4-5-9(3)8(6)7(2)10-11/h7-8H,1,4-5,11H2,2-3H3. The molecule has 0 N–H and O–H groups in total. The molecule has 3 unspecified atom stereocenters. The summed E-state index contributed by atoms with van der Waals surface area (Å²) in [6, 6.07) is 0.410. The monoisotopic (exact) mass is 173 g/mol. The lowest BCUT2D eigenvalue weighted by atomic mass is 10.1. The highest BCUT2D eigenvalue weighted by atomic mass is 31.0. The largest absolute Gasteiger partial charge is 0.361 e. The highest BCUT2D eigenvalue weighted by molar-refractivity contribution is 7.09. The second-order valence-electron chi connectivity index (χ2n) is 3.17.